The largest absolute Gasteiger partial charge is 0.480 e. The molecule has 0 radical (unpaired) electrons. The molecule has 3 unspecified atom stereocenters. The Morgan fingerprint density at radius 3 is 2.05 bits per heavy atom. The minimum atomic E-state index is -1.51. The smallest absolute Gasteiger partial charge is 0.326 e. The van der Waals surface area contributed by atoms with E-state index in [1.807, 2.05) is 0 Å². The quantitative estimate of drug-likeness (QED) is 0.0677. The molecule has 9 atom stereocenters. The van der Waals surface area contributed by atoms with Crippen molar-refractivity contribution in [2.24, 2.45) is 17.4 Å². The first-order valence-electron chi connectivity index (χ1n) is 13.3. The number of carbonyl (C=O) groups is 5. The van der Waals surface area contributed by atoms with Crippen molar-refractivity contribution >= 4 is 29.7 Å². The second kappa shape index (κ2) is 17.8. The van der Waals surface area contributed by atoms with Crippen LogP contribution in [0.5, 0.6) is 0 Å². The molecule has 1 aliphatic rings. The van der Waals surface area contributed by atoms with Crippen molar-refractivity contribution in [3.63, 3.8) is 0 Å². The molecule has 0 spiro atoms. The highest BCUT2D eigenvalue weighted by Crippen LogP contribution is 2.27. The van der Waals surface area contributed by atoms with E-state index in [1.54, 1.807) is 0 Å². The molecule has 0 bridgehead atoms. The lowest BCUT2D eigenvalue weighted by molar-refractivity contribution is -0.280. The number of carboxylic acids is 2. The fourth-order valence-corrected chi connectivity index (χ4v) is 4.11. The predicted molar refractivity (Wildman–Crippen MR) is 140 cm³/mol. The van der Waals surface area contributed by atoms with Gasteiger partial charge < -0.3 is 62.4 Å². The van der Waals surface area contributed by atoms with E-state index in [2.05, 4.69) is 16.0 Å². The van der Waals surface area contributed by atoms with Crippen LogP contribution in [-0.4, -0.2) is 124 Å². The molecular weight excluding hydrogens is 550 g/mol. The summed E-state index contributed by atoms with van der Waals surface area (Å²) in [6, 6.07) is -3.92. The van der Waals surface area contributed by atoms with Crippen LogP contribution in [0.3, 0.4) is 0 Å². The third-order valence-electron chi connectivity index (χ3n) is 6.61. The van der Waals surface area contributed by atoms with Crippen LogP contribution in [0.4, 0.5) is 0 Å². The highest BCUT2D eigenvalue weighted by Gasteiger charge is 2.45. The van der Waals surface area contributed by atoms with Crippen molar-refractivity contribution in [3.8, 4) is 0 Å². The summed E-state index contributed by atoms with van der Waals surface area (Å²) in [5.41, 5.74) is 11.0. The third-order valence-corrected chi connectivity index (χ3v) is 6.61. The van der Waals surface area contributed by atoms with Gasteiger partial charge in [-0.3, -0.25) is 14.4 Å². The van der Waals surface area contributed by atoms with Gasteiger partial charge in [0.15, 0.2) is 6.29 Å². The zero-order valence-electron chi connectivity index (χ0n) is 23.1. The Bertz CT molecular complexity index is 893. The summed E-state index contributed by atoms with van der Waals surface area (Å²) in [5, 5.41) is 55.5. The number of unbranched alkanes of at least 4 members (excludes halogenated alkanes) is 1. The molecule has 236 valence electrons. The molecular formula is C24H43N5O12. The molecule has 0 aromatic carbocycles. The molecule has 0 aromatic heterocycles. The first-order valence-corrected chi connectivity index (χ1v) is 13.3. The van der Waals surface area contributed by atoms with Crippen LogP contribution in [0.25, 0.3) is 0 Å². The van der Waals surface area contributed by atoms with Gasteiger partial charge in [0.05, 0.1) is 18.6 Å². The number of aliphatic carboxylic acids is 2. The number of carbonyl (C=O) groups excluding carboxylic acids is 3. The first-order chi connectivity index (χ1) is 19.3. The maximum absolute atomic E-state index is 12.7. The van der Waals surface area contributed by atoms with Crippen LogP contribution in [0.15, 0.2) is 0 Å². The van der Waals surface area contributed by atoms with E-state index in [4.69, 9.17) is 20.9 Å². The van der Waals surface area contributed by atoms with Gasteiger partial charge in [-0.1, -0.05) is 0 Å². The Hall–Kier alpha value is -2.93. The second-order valence-electron chi connectivity index (χ2n) is 9.79. The number of ether oxygens (including phenoxy) is 2. The summed E-state index contributed by atoms with van der Waals surface area (Å²) in [5.74, 6) is -6.01. The number of hydrogen-bond donors (Lipinski definition) is 10. The van der Waals surface area contributed by atoms with E-state index in [0.29, 0.717) is 19.4 Å². The van der Waals surface area contributed by atoms with E-state index in [-0.39, 0.29) is 25.8 Å². The summed E-state index contributed by atoms with van der Waals surface area (Å²) in [7, 11) is 0. The van der Waals surface area contributed by atoms with Crippen LogP contribution in [0, 0.1) is 5.92 Å². The molecule has 17 nitrogen and oxygen atoms in total. The van der Waals surface area contributed by atoms with Crippen molar-refractivity contribution in [1.82, 2.24) is 16.0 Å². The van der Waals surface area contributed by atoms with E-state index in [9.17, 15) is 49.5 Å². The zero-order chi connectivity index (χ0) is 31.3. The molecule has 41 heavy (non-hydrogen) atoms. The molecule has 1 rings (SSSR count). The summed E-state index contributed by atoms with van der Waals surface area (Å²) in [6.45, 7) is 2.16. The van der Waals surface area contributed by atoms with Gasteiger partial charge in [-0.05, 0) is 46.1 Å². The van der Waals surface area contributed by atoms with Gasteiger partial charge in [0.2, 0.25) is 17.7 Å². The lowest BCUT2D eigenvalue weighted by atomic mass is 9.90. The highest BCUT2D eigenvalue weighted by atomic mass is 16.6. The van der Waals surface area contributed by atoms with Crippen LogP contribution >= 0.6 is 0 Å². The van der Waals surface area contributed by atoms with Crippen LogP contribution in [-0.2, 0) is 33.4 Å². The van der Waals surface area contributed by atoms with Gasteiger partial charge in [0.1, 0.15) is 36.4 Å². The normalized spacial score (nSPS) is 25.3. The Labute approximate surface area is 236 Å². The second-order valence-corrected chi connectivity index (χ2v) is 9.79. The molecule has 0 saturated carbocycles. The summed E-state index contributed by atoms with van der Waals surface area (Å²) >= 11 is 0. The summed E-state index contributed by atoms with van der Waals surface area (Å²) in [4.78, 5) is 60.5. The zero-order valence-corrected chi connectivity index (χ0v) is 23.1. The van der Waals surface area contributed by atoms with Crippen molar-refractivity contribution < 1.29 is 59.0 Å². The summed E-state index contributed by atoms with van der Waals surface area (Å²) in [6.07, 6.45) is -6.06. The van der Waals surface area contributed by atoms with Gasteiger partial charge in [0.25, 0.3) is 0 Å². The number of nitrogens with one attached hydrogen (secondary N) is 3. The Balaban J connectivity index is 2.68. The van der Waals surface area contributed by atoms with E-state index in [1.165, 1.54) is 13.8 Å². The minimum absolute atomic E-state index is 0.152. The van der Waals surface area contributed by atoms with E-state index < -0.39 is 91.0 Å². The molecule has 1 heterocycles. The van der Waals surface area contributed by atoms with Crippen LogP contribution in [0.2, 0.25) is 0 Å². The molecule has 1 aliphatic heterocycles. The van der Waals surface area contributed by atoms with Crippen molar-refractivity contribution in [2.75, 3.05) is 19.7 Å². The van der Waals surface area contributed by atoms with Crippen LogP contribution in [0.1, 0.15) is 46.0 Å². The number of rotatable bonds is 18. The molecule has 17 heteroatoms. The Morgan fingerprint density at radius 2 is 1.51 bits per heavy atom. The predicted octanol–water partition coefficient (Wildman–Crippen LogP) is -4.04. The van der Waals surface area contributed by atoms with Crippen molar-refractivity contribution in [2.45, 2.75) is 94.8 Å². The Morgan fingerprint density at radius 1 is 0.902 bits per heavy atom. The van der Waals surface area contributed by atoms with E-state index in [0.717, 1.165) is 0 Å². The van der Waals surface area contributed by atoms with Gasteiger partial charge in [-0.25, -0.2) is 9.59 Å². The standard InChI is InChI=1S/C24H43N5O12/c1-11(27-21(34)12(2)40-19-13(9-26)24(39)41-16(10-30)18(19)32)20(33)29-15(23(37)38)6-7-17(31)28-14(22(35)36)5-3-4-8-25/h11-16,18-19,24,30,32,39H,3-10,25-26H2,1-2H3,(H,27,34)(H,28,31)(H,29,33)(H,35,36)(H,37,38)/t11-,12+,13-,14-,15+,16?,18?,19+,24?/m0/s1. The van der Waals surface area contributed by atoms with Crippen LogP contribution < -0.4 is 27.4 Å². The van der Waals surface area contributed by atoms with Gasteiger partial charge in [0, 0.05) is 13.0 Å². The van der Waals surface area contributed by atoms with Crippen molar-refractivity contribution in [3.05, 3.63) is 0 Å². The number of carboxylic acid groups (broad SMARTS) is 2. The van der Waals surface area contributed by atoms with Crippen molar-refractivity contribution in [1.29, 1.82) is 0 Å². The number of amides is 3. The number of aliphatic hydroxyl groups is 3. The third kappa shape index (κ3) is 11.5. The Kier molecular flexibility index (Phi) is 15.7. The van der Waals surface area contributed by atoms with Gasteiger partial charge in [-0.2, -0.15) is 0 Å². The molecule has 0 aromatic rings. The summed E-state index contributed by atoms with van der Waals surface area (Å²) < 4.78 is 10.7. The molecule has 1 saturated heterocycles. The average Bonchev–Trinajstić information content (AvgIpc) is 2.91. The molecule has 1 fully saturated rings. The number of aliphatic hydroxyl groups excluding tert-OH is 3. The van der Waals surface area contributed by atoms with Gasteiger partial charge in [-0.15, -0.1) is 0 Å². The molecule has 0 aliphatic carbocycles. The monoisotopic (exact) mass is 593 g/mol. The number of nitrogens with two attached hydrogens (primary N) is 2. The fourth-order valence-electron chi connectivity index (χ4n) is 4.11. The average molecular weight is 594 g/mol. The highest BCUT2D eigenvalue weighted by molar-refractivity contribution is 5.91. The maximum Gasteiger partial charge on any atom is 0.326 e. The minimum Gasteiger partial charge on any atom is -0.480 e. The van der Waals surface area contributed by atoms with E-state index >= 15 is 0 Å². The lowest BCUT2D eigenvalue weighted by Crippen LogP contribution is -2.60. The maximum atomic E-state index is 12.7. The SMILES string of the molecule is C[C@H](NC(=O)[C@@H](C)O[C@H]1C(O)C(CO)OC(O)[C@H]1CN)C(=O)N[C@H](CCC(=O)N[C@@H](CCCCN)C(=O)O)C(=O)O. The first kappa shape index (κ1) is 36.1. The molecule has 12 N–H and O–H groups in total. The lowest BCUT2D eigenvalue weighted by Gasteiger charge is -2.42. The topological polar surface area (TPSA) is 293 Å². The fraction of sp³-hybridized carbons (Fsp3) is 0.792. The number of hydrogen-bond acceptors (Lipinski definition) is 12. The van der Waals surface area contributed by atoms with Gasteiger partial charge >= 0.3 is 11.9 Å². The molecule has 3 amide bonds.